The normalized spacial score (nSPS) is 12.7. The first-order valence-electron chi connectivity index (χ1n) is 22.4. The van der Waals surface area contributed by atoms with Gasteiger partial charge in [0.05, 0.1) is 41.9 Å². The van der Waals surface area contributed by atoms with E-state index in [2.05, 4.69) is 46.2 Å². The second kappa shape index (κ2) is 22.2. The van der Waals surface area contributed by atoms with Gasteiger partial charge in [-0.05, 0) is 145 Å². The van der Waals surface area contributed by atoms with Crippen LogP contribution in [-0.2, 0) is 40.5 Å². The van der Waals surface area contributed by atoms with E-state index in [-0.39, 0.29) is 46.1 Å². The van der Waals surface area contributed by atoms with E-state index in [1.165, 1.54) is 44.6 Å². The number of benzene rings is 8. The largest absolute Gasteiger partial charge is 0.505 e. The molecule has 0 fully saturated rings. The predicted octanol–water partition coefficient (Wildman–Crippen LogP) is 12.0. The van der Waals surface area contributed by atoms with Crippen LogP contribution in [0.2, 0.25) is 0 Å². The second-order valence-electron chi connectivity index (χ2n) is 16.8. The molecule has 0 aliphatic heterocycles. The Balaban J connectivity index is 0.982. The summed E-state index contributed by atoms with van der Waals surface area (Å²) in [5, 5.41) is 47.4. The average molecular weight is 1160 g/mol. The summed E-state index contributed by atoms with van der Waals surface area (Å²) in [7, 11) is -17.5. The fourth-order valence-electron chi connectivity index (χ4n) is 7.57. The number of nitrogen functional groups attached to an aromatic ring is 1. The number of aromatic hydroxyl groups is 1. The summed E-state index contributed by atoms with van der Waals surface area (Å²) in [5.74, 6) is 0.210. The van der Waals surface area contributed by atoms with Crippen LogP contribution in [0.15, 0.2) is 182 Å². The number of ether oxygens (including phenoxy) is 3. The average Bonchev–Trinajstić information content (AvgIpc) is 3.44. The Morgan fingerprint density at radius 1 is 0.481 bits per heavy atom. The van der Waals surface area contributed by atoms with Gasteiger partial charge in [0.1, 0.15) is 54.7 Å². The lowest BCUT2D eigenvalue weighted by atomic mass is 10.1. The highest BCUT2D eigenvalue weighted by Gasteiger charge is 2.26. The van der Waals surface area contributed by atoms with Crippen molar-refractivity contribution in [2.24, 2.45) is 40.9 Å². The van der Waals surface area contributed by atoms with Crippen molar-refractivity contribution in [3.05, 3.63) is 132 Å². The number of phenolic OH excluding ortho intramolecular Hbond substituents is 1. The van der Waals surface area contributed by atoms with E-state index in [1.807, 2.05) is 0 Å². The predicted molar refractivity (Wildman–Crippen MR) is 287 cm³/mol. The van der Waals surface area contributed by atoms with Gasteiger partial charge < -0.3 is 30.4 Å². The van der Waals surface area contributed by atoms with Gasteiger partial charge in [-0.2, -0.15) is 54.1 Å². The molecule has 8 aromatic rings. The first kappa shape index (κ1) is 56.3. The lowest BCUT2D eigenvalue weighted by Gasteiger charge is -2.13. The number of nitrogens with one attached hydrogen (secondary N) is 1. The molecule has 8 aromatic carbocycles. The Bertz CT molecular complexity index is 4370. The molecule has 8 N–H and O–H groups in total. The van der Waals surface area contributed by atoms with E-state index in [0.717, 1.165) is 18.2 Å². The summed E-state index contributed by atoms with van der Waals surface area (Å²) >= 11 is 0. The van der Waals surface area contributed by atoms with Gasteiger partial charge in [-0.1, -0.05) is 0 Å². The minimum absolute atomic E-state index is 0.0249. The van der Waals surface area contributed by atoms with Crippen molar-refractivity contribution in [2.75, 3.05) is 32.0 Å². The first-order valence-corrected chi connectivity index (χ1v) is 28.1. The van der Waals surface area contributed by atoms with E-state index >= 15 is 0 Å². The topological polar surface area (TPSA) is 402 Å². The Kier molecular flexibility index (Phi) is 15.8. The number of hydrogen-bond acceptors (Lipinski definition) is 22. The molecule has 0 bridgehead atoms. The number of nitrogens with two attached hydrogens (primary N) is 1. The van der Waals surface area contributed by atoms with Gasteiger partial charge in [0, 0.05) is 34.3 Å². The number of phenols is 1. The van der Waals surface area contributed by atoms with Crippen molar-refractivity contribution in [3.8, 4) is 23.0 Å². The number of rotatable bonds is 18. The molecule has 408 valence electrons. The summed E-state index contributed by atoms with van der Waals surface area (Å²) in [5.41, 5.74) is 8.35. The number of nitrogens with zero attached hydrogens (tertiary/aromatic N) is 8. The van der Waals surface area contributed by atoms with Gasteiger partial charge in [0.25, 0.3) is 40.5 Å². The Hall–Kier alpha value is -8.88. The third-order valence-corrected chi connectivity index (χ3v) is 14.9. The Morgan fingerprint density at radius 3 is 1.52 bits per heavy atom. The molecule has 79 heavy (non-hydrogen) atoms. The molecule has 0 saturated heterocycles. The number of azo groups is 4. The van der Waals surface area contributed by atoms with Crippen LogP contribution in [0.4, 0.5) is 56.9 Å². The lowest BCUT2D eigenvalue weighted by Crippen LogP contribution is -2.08. The smallest absolute Gasteiger partial charge is 0.296 e. The number of methoxy groups -OCH3 is 2. The monoisotopic (exact) mass is 1150 g/mol. The Labute approximate surface area is 449 Å². The van der Waals surface area contributed by atoms with Crippen LogP contribution in [0.5, 0.6) is 23.0 Å². The highest BCUT2D eigenvalue weighted by molar-refractivity contribution is 7.87. The standard InChI is InChI=1S/C49H42N10O16S4/c1-26-15-33(8-13-38(26)54-52-32-9-14-39(27(2)16-32)55-58-42-22-37-29(19-46(42)78(67,68)69)18-35(76(61,62)63)21-45(37)77(64,65)66)53-56-40-23-44(74-4)41(24-43(40)73-3)57-59-48-47(79(70,71)72)20-28-17-31(7-12-36(28)49(48)60)51-25-75-34-10-5-30(50)6-11-34/h5-24,51,60H,25,50H2,1-4H3,(H,61,62,63)(H,64,65,66)(H,67,68,69)(H,70,71,72). The summed E-state index contributed by atoms with van der Waals surface area (Å²) in [6.45, 7) is 3.41. The maximum absolute atomic E-state index is 12.6. The highest BCUT2D eigenvalue weighted by Crippen LogP contribution is 2.45. The third-order valence-electron chi connectivity index (χ3n) is 11.5. The number of aryl methyl sites for hydroxylation is 2. The molecule has 0 amide bonds. The van der Waals surface area contributed by atoms with Gasteiger partial charge in [-0.15, -0.1) is 20.5 Å². The number of hydrogen-bond donors (Lipinski definition) is 7. The molecule has 0 aliphatic carbocycles. The zero-order valence-corrected chi connectivity index (χ0v) is 44.5. The van der Waals surface area contributed by atoms with E-state index in [0.29, 0.717) is 57.4 Å². The van der Waals surface area contributed by atoms with Gasteiger partial charge >= 0.3 is 0 Å². The van der Waals surface area contributed by atoms with Gasteiger partial charge in [0.2, 0.25) is 0 Å². The van der Waals surface area contributed by atoms with Crippen LogP contribution in [0.25, 0.3) is 21.5 Å². The SMILES string of the molecule is COc1cc(N=Nc2c(S(=O)(=O)O)cc3cc(NCOc4ccc(N)cc4)ccc3c2O)c(OC)cc1N=Nc1ccc(N=Nc2ccc(N=Nc3cc4c(S(=O)(=O)O)cc(S(=O)(=O)O)cc4cc3S(=O)(=O)O)c(C)c2)c(C)c1. The van der Waals surface area contributed by atoms with Gasteiger partial charge in [-0.25, -0.2) is 0 Å². The van der Waals surface area contributed by atoms with E-state index < -0.39 is 88.0 Å². The van der Waals surface area contributed by atoms with E-state index in [4.69, 9.17) is 19.9 Å². The van der Waals surface area contributed by atoms with Crippen molar-refractivity contribution in [1.82, 2.24) is 0 Å². The molecule has 8 rings (SSSR count). The molecule has 0 spiro atoms. The van der Waals surface area contributed by atoms with Crippen molar-refractivity contribution in [3.63, 3.8) is 0 Å². The van der Waals surface area contributed by atoms with Crippen LogP contribution < -0.4 is 25.3 Å². The van der Waals surface area contributed by atoms with Crippen molar-refractivity contribution in [1.29, 1.82) is 0 Å². The fraction of sp³-hybridized carbons (Fsp3) is 0.102. The molecular formula is C49H42N10O16S4. The zero-order valence-electron chi connectivity index (χ0n) is 41.3. The van der Waals surface area contributed by atoms with Gasteiger partial charge in [0.15, 0.2) is 12.5 Å². The molecule has 30 heteroatoms. The van der Waals surface area contributed by atoms with Crippen LogP contribution in [0.3, 0.4) is 0 Å². The van der Waals surface area contributed by atoms with Crippen LogP contribution in [-0.4, -0.2) is 77.9 Å². The van der Waals surface area contributed by atoms with Crippen LogP contribution in [0.1, 0.15) is 11.1 Å². The summed E-state index contributed by atoms with van der Waals surface area (Å²) in [6, 6.07) is 27.6. The van der Waals surface area contributed by atoms with Crippen LogP contribution >= 0.6 is 0 Å². The lowest BCUT2D eigenvalue weighted by molar-refractivity contribution is 0.347. The Morgan fingerprint density at radius 2 is 0.987 bits per heavy atom. The van der Waals surface area contributed by atoms with Crippen molar-refractivity contribution >= 4 is 119 Å². The summed E-state index contributed by atoms with van der Waals surface area (Å²) in [6.07, 6.45) is 0. The fourth-order valence-corrected chi connectivity index (χ4v) is 10.2. The quantitative estimate of drug-likeness (QED) is 0.0182. The molecule has 0 aromatic heterocycles. The molecule has 0 heterocycles. The maximum Gasteiger partial charge on any atom is 0.296 e. The minimum Gasteiger partial charge on any atom is -0.505 e. The van der Waals surface area contributed by atoms with Gasteiger partial charge in [-0.3, -0.25) is 18.2 Å². The first-order chi connectivity index (χ1) is 37.2. The van der Waals surface area contributed by atoms with Crippen molar-refractivity contribution in [2.45, 2.75) is 33.4 Å². The number of fused-ring (bicyclic) bond motifs is 2. The molecule has 26 nitrogen and oxygen atoms in total. The molecule has 0 atom stereocenters. The third kappa shape index (κ3) is 13.1. The summed E-state index contributed by atoms with van der Waals surface area (Å²) in [4.78, 5) is -3.60. The molecule has 0 unspecified atom stereocenters. The summed E-state index contributed by atoms with van der Waals surface area (Å²) < 4.78 is 154. The molecule has 0 aliphatic rings. The highest BCUT2D eigenvalue weighted by atomic mass is 32.2. The number of anilines is 2. The molecule has 0 radical (unpaired) electrons. The molecule has 0 saturated carbocycles. The zero-order chi connectivity index (χ0) is 57.2. The van der Waals surface area contributed by atoms with Crippen LogP contribution in [0, 0.1) is 13.8 Å². The molecular weight excluding hydrogens is 1110 g/mol. The van der Waals surface area contributed by atoms with Crippen molar-refractivity contribution < 1.29 is 71.2 Å². The van der Waals surface area contributed by atoms with E-state index in [9.17, 15) is 57.0 Å². The maximum atomic E-state index is 12.6. The van der Waals surface area contributed by atoms with E-state index in [1.54, 1.807) is 74.5 Å². The second-order valence-corrected chi connectivity index (χ2v) is 22.4. The minimum atomic E-state index is -5.16.